The van der Waals surface area contributed by atoms with Gasteiger partial charge in [-0.15, -0.1) is 11.6 Å². The van der Waals surface area contributed by atoms with Gasteiger partial charge in [0.1, 0.15) is 5.88 Å². The zero-order valence-electron chi connectivity index (χ0n) is 11.8. The van der Waals surface area contributed by atoms with E-state index in [9.17, 15) is 4.79 Å². The zero-order chi connectivity index (χ0) is 14.5. The fourth-order valence-corrected chi connectivity index (χ4v) is 2.30. The van der Waals surface area contributed by atoms with Crippen LogP contribution in [0.25, 0.3) is 0 Å². The average Bonchev–Trinajstić information content (AvgIpc) is 2.68. The third-order valence-electron chi connectivity index (χ3n) is 3.24. The molecule has 110 valence electrons. The van der Waals surface area contributed by atoms with Crippen molar-refractivity contribution in [2.75, 3.05) is 19.1 Å². The van der Waals surface area contributed by atoms with Crippen molar-refractivity contribution in [1.82, 2.24) is 5.32 Å². The third kappa shape index (κ3) is 3.57. The van der Waals surface area contributed by atoms with Crippen molar-refractivity contribution in [3.63, 3.8) is 0 Å². The Labute approximate surface area is 124 Å². The number of halogens is 1. The summed E-state index contributed by atoms with van der Waals surface area (Å²) in [5.74, 6) is 1.56. The summed E-state index contributed by atoms with van der Waals surface area (Å²) >= 11 is 5.57. The van der Waals surface area contributed by atoms with E-state index >= 15 is 0 Å². The standard InChI is InChI=1S/C15H20ClNO3/c1-10(2)15(17-14(18)9-16)11-4-5-12-13(8-11)20-7-3-6-19-12/h4-5,8,10,15H,3,6-7,9H2,1-2H3,(H,17,18)/t15-/m0/s1. The van der Waals surface area contributed by atoms with Crippen molar-refractivity contribution < 1.29 is 14.3 Å². The van der Waals surface area contributed by atoms with Crippen LogP contribution in [0.2, 0.25) is 0 Å². The van der Waals surface area contributed by atoms with Gasteiger partial charge in [0.15, 0.2) is 11.5 Å². The molecule has 1 heterocycles. The fourth-order valence-electron chi connectivity index (χ4n) is 2.22. The second-order valence-corrected chi connectivity index (χ2v) is 5.45. The molecule has 0 aliphatic carbocycles. The number of hydrogen-bond donors (Lipinski definition) is 1. The molecule has 0 unspecified atom stereocenters. The van der Waals surface area contributed by atoms with Crippen molar-refractivity contribution >= 4 is 17.5 Å². The summed E-state index contributed by atoms with van der Waals surface area (Å²) in [6, 6.07) is 5.73. The minimum atomic E-state index is -0.169. The van der Waals surface area contributed by atoms with Crippen molar-refractivity contribution in [1.29, 1.82) is 0 Å². The van der Waals surface area contributed by atoms with Crippen LogP contribution in [0.3, 0.4) is 0 Å². The molecule has 1 aromatic rings. The van der Waals surface area contributed by atoms with Crippen LogP contribution < -0.4 is 14.8 Å². The van der Waals surface area contributed by atoms with Crippen LogP contribution in [-0.2, 0) is 4.79 Å². The van der Waals surface area contributed by atoms with Gasteiger partial charge in [0.2, 0.25) is 5.91 Å². The zero-order valence-corrected chi connectivity index (χ0v) is 12.6. The van der Waals surface area contributed by atoms with Crippen LogP contribution in [0.5, 0.6) is 11.5 Å². The van der Waals surface area contributed by atoms with Crippen LogP contribution in [0.1, 0.15) is 31.9 Å². The molecule has 0 saturated heterocycles. The minimum Gasteiger partial charge on any atom is -0.490 e. The highest BCUT2D eigenvalue weighted by molar-refractivity contribution is 6.27. The van der Waals surface area contributed by atoms with Crippen LogP contribution in [0.4, 0.5) is 0 Å². The van der Waals surface area contributed by atoms with Gasteiger partial charge in [-0.25, -0.2) is 0 Å². The number of ether oxygens (including phenoxy) is 2. The second-order valence-electron chi connectivity index (χ2n) is 5.18. The molecule has 0 saturated carbocycles. The van der Waals surface area contributed by atoms with E-state index in [-0.39, 0.29) is 23.7 Å². The van der Waals surface area contributed by atoms with Crippen LogP contribution in [0.15, 0.2) is 18.2 Å². The second kappa shape index (κ2) is 6.84. The monoisotopic (exact) mass is 297 g/mol. The van der Waals surface area contributed by atoms with Gasteiger partial charge in [-0.3, -0.25) is 4.79 Å². The van der Waals surface area contributed by atoms with Gasteiger partial charge in [0, 0.05) is 6.42 Å². The van der Waals surface area contributed by atoms with E-state index in [2.05, 4.69) is 19.2 Å². The summed E-state index contributed by atoms with van der Waals surface area (Å²) in [5, 5.41) is 2.94. The highest BCUT2D eigenvalue weighted by Crippen LogP contribution is 2.34. The van der Waals surface area contributed by atoms with Gasteiger partial charge < -0.3 is 14.8 Å². The normalized spacial score (nSPS) is 15.6. The van der Waals surface area contributed by atoms with Gasteiger partial charge in [0.05, 0.1) is 19.3 Å². The van der Waals surface area contributed by atoms with Crippen molar-refractivity contribution in [2.24, 2.45) is 5.92 Å². The first-order valence-corrected chi connectivity index (χ1v) is 7.40. The van der Waals surface area contributed by atoms with Crippen molar-refractivity contribution in [3.8, 4) is 11.5 Å². The molecular formula is C15H20ClNO3. The molecule has 0 bridgehead atoms. The molecule has 5 heteroatoms. The first kappa shape index (κ1) is 15.0. The predicted molar refractivity (Wildman–Crippen MR) is 78.5 cm³/mol. The van der Waals surface area contributed by atoms with Crippen molar-refractivity contribution in [2.45, 2.75) is 26.3 Å². The maximum Gasteiger partial charge on any atom is 0.235 e. The number of benzene rings is 1. The molecule has 0 fully saturated rings. The molecule has 2 rings (SSSR count). The average molecular weight is 298 g/mol. The number of nitrogens with one attached hydrogen (secondary N) is 1. The lowest BCUT2D eigenvalue weighted by Crippen LogP contribution is -2.32. The number of amides is 1. The van der Waals surface area contributed by atoms with Gasteiger partial charge in [0.25, 0.3) is 0 Å². The SMILES string of the molecule is CC(C)[C@H](NC(=O)CCl)c1ccc2c(c1)OCCCO2. The maximum absolute atomic E-state index is 11.5. The molecule has 1 atom stereocenters. The first-order valence-electron chi connectivity index (χ1n) is 6.86. The topological polar surface area (TPSA) is 47.6 Å². The lowest BCUT2D eigenvalue weighted by molar-refractivity contribution is -0.119. The lowest BCUT2D eigenvalue weighted by atomic mass is 9.95. The number of hydrogen-bond acceptors (Lipinski definition) is 3. The van der Waals surface area contributed by atoms with Crippen molar-refractivity contribution in [3.05, 3.63) is 23.8 Å². The first-order chi connectivity index (χ1) is 9.61. The van der Waals surface area contributed by atoms with Crippen LogP contribution in [0, 0.1) is 5.92 Å². The van der Waals surface area contributed by atoms with E-state index in [0.29, 0.717) is 13.2 Å². The highest BCUT2D eigenvalue weighted by Gasteiger charge is 2.20. The number of carbonyl (C=O) groups excluding carboxylic acids is 1. The molecule has 1 aliphatic heterocycles. The Kier molecular flexibility index (Phi) is 5.12. The summed E-state index contributed by atoms with van der Waals surface area (Å²) in [6.45, 7) is 5.43. The Balaban J connectivity index is 2.25. The number of rotatable bonds is 4. The smallest absolute Gasteiger partial charge is 0.235 e. The Morgan fingerprint density at radius 1 is 1.30 bits per heavy atom. The molecule has 1 amide bonds. The molecule has 1 aromatic carbocycles. The van der Waals surface area contributed by atoms with Crippen LogP contribution >= 0.6 is 11.6 Å². The molecular weight excluding hydrogens is 278 g/mol. The molecule has 0 aromatic heterocycles. The molecule has 0 spiro atoms. The Morgan fingerprint density at radius 2 is 2.00 bits per heavy atom. The lowest BCUT2D eigenvalue weighted by Gasteiger charge is -2.23. The number of fused-ring (bicyclic) bond motifs is 1. The predicted octanol–water partition coefficient (Wildman–Crippen LogP) is 2.90. The summed E-state index contributed by atoms with van der Waals surface area (Å²) < 4.78 is 11.3. The van der Waals surface area contributed by atoms with Gasteiger partial charge in [-0.1, -0.05) is 19.9 Å². The summed E-state index contributed by atoms with van der Waals surface area (Å²) in [5.41, 5.74) is 1.00. The van der Waals surface area contributed by atoms with Gasteiger partial charge in [-0.05, 0) is 23.6 Å². The Morgan fingerprint density at radius 3 is 2.65 bits per heavy atom. The van der Waals surface area contributed by atoms with Gasteiger partial charge in [-0.2, -0.15) is 0 Å². The summed E-state index contributed by atoms with van der Waals surface area (Å²) in [4.78, 5) is 11.5. The van der Waals surface area contributed by atoms with Crippen LogP contribution in [-0.4, -0.2) is 25.0 Å². The van der Waals surface area contributed by atoms with E-state index in [1.807, 2.05) is 18.2 Å². The van der Waals surface area contributed by atoms with E-state index in [1.54, 1.807) is 0 Å². The van der Waals surface area contributed by atoms with E-state index in [4.69, 9.17) is 21.1 Å². The molecule has 0 radical (unpaired) electrons. The Bertz CT molecular complexity index is 476. The molecule has 4 nitrogen and oxygen atoms in total. The minimum absolute atomic E-state index is 0.0340. The largest absolute Gasteiger partial charge is 0.490 e. The van der Waals surface area contributed by atoms with Gasteiger partial charge >= 0.3 is 0 Å². The molecule has 1 aliphatic rings. The summed E-state index contributed by atoms with van der Waals surface area (Å²) in [6.07, 6.45) is 0.876. The summed E-state index contributed by atoms with van der Waals surface area (Å²) in [7, 11) is 0. The van der Waals surface area contributed by atoms with E-state index in [1.165, 1.54) is 0 Å². The fraction of sp³-hybridized carbons (Fsp3) is 0.533. The van der Waals surface area contributed by atoms with E-state index in [0.717, 1.165) is 23.5 Å². The highest BCUT2D eigenvalue weighted by atomic mass is 35.5. The number of alkyl halides is 1. The quantitative estimate of drug-likeness (QED) is 0.869. The maximum atomic E-state index is 11.5. The molecule has 1 N–H and O–H groups in total. The third-order valence-corrected chi connectivity index (χ3v) is 3.48. The molecule has 20 heavy (non-hydrogen) atoms. The number of carbonyl (C=O) groups is 1. The Hall–Kier alpha value is -1.42. The van der Waals surface area contributed by atoms with E-state index < -0.39 is 0 Å².